The van der Waals surface area contributed by atoms with Gasteiger partial charge in [-0.25, -0.2) is 0 Å². The highest BCUT2D eigenvalue weighted by molar-refractivity contribution is 6.31. The van der Waals surface area contributed by atoms with Gasteiger partial charge in [-0.2, -0.15) is 0 Å². The topological polar surface area (TPSA) is 62.3 Å². The minimum Gasteiger partial charge on any atom is -0.495 e. The van der Waals surface area contributed by atoms with Crippen LogP contribution in [0.5, 0.6) is 5.75 Å². The summed E-state index contributed by atoms with van der Waals surface area (Å²) in [5.74, 6) is 0.831. The predicted molar refractivity (Wildman–Crippen MR) is 87.6 cm³/mol. The minimum absolute atomic E-state index is 0.0153. The first-order chi connectivity index (χ1) is 10.0. The maximum Gasteiger partial charge on any atom is 0.142 e. The third kappa shape index (κ3) is 3.47. The van der Waals surface area contributed by atoms with Crippen LogP contribution in [0.4, 0.5) is 5.69 Å². The Morgan fingerprint density at radius 3 is 2.62 bits per heavy atom. The van der Waals surface area contributed by atoms with Crippen LogP contribution in [-0.2, 0) is 6.54 Å². The Morgan fingerprint density at radius 1 is 1.29 bits per heavy atom. The number of benzene rings is 2. The van der Waals surface area contributed by atoms with Gasteiger partial charge in [0.05, 0.1) is 12.8 Å². The molecule has 5 heteroatoms. The molecule has 0 spiro atoms. The monoisotopic (exact) mass is 303 g/mol. The van der Waals surface area contributed by atoms with E-state index < -0.39 is 0 Å². The number of amidine groups is 1. The van der Waals surface area contributed by atoms with Crippen LogP contribution in [0, 0.1) is 5.41 Å². The summed E-state index contributed by atoms with van der Waals surface area (Å²) >= 11 is 6.27. The van der Waals surface area contributed by atoms with Crippen LogP contribution in [0.15, 0.2) is 42.5 Å². The number of anilines is 1. The van der Waals surface area contributed by atoms with Crippen molar-refractivity contribution in [3.63, 3.8) is 0 Å². The molecule has 2 aromatic carbocycles. The molecular formula is C16H18ClN3O. The molecule has 21 heavy (non-hydrogen) atoms. The Kier molecular flexibility index (Phi) is 4.70. The van der Waals surface area contributed by atoms with E-state index >= 15 is 0 Å². The first-order valence-electron chi connectivity index (χ1n) is 6.50. The van der Waals surface area contributed by atoms with E-state index in [1.165, 1.54) is 0 Å². The third-order valence-electron chi connectivity index (χ3n) is 3.27. The van der Waals surface area contributed by atoms with Crippen LogP contribution in [-0.4, -0.2) is 20.0 Å². The first kappa shape index (κ1) is 15.2. The molecule has 3 N–H and O–H groups in total. The number of hydrogen-bond donors (Lipinski definition) is 2. The maximum absolute atomic E-state index is 7.42. The van der Waals surface area contributed by atoms with Crippen LogP contribution in [0.3, 0.4) is 0 Å². The lowest BCUT2D eigenvalue weighted by Crippen LogP contribution is -2.18. The van der Waals surface area contributed by atoms with Crippen molar-refractivity contribution < 1.29 is 4.74 Å². The molecule has 0 unspecified atom stereocenters. The van der Waals surface area contributed by atoms with Gasteiger partial charge in [-0.05, 0) is 23.8 Å². The number of nitrogens with two attached hydrogens (primary N) is 1. The summed E-state index contributed by atoms with van der Waals surface area (Å²) in [4.78, 5) is 2.06. The number of hydrogen-bond acceptors (Lipinski definition) is 3. The first-order valence-corrected chi connectivity index (χ1v) is 6.87. The summed E-state index contributed by atoms with van der Waals surface area (Å²) in [5.41, 5.74) is 8.05. The van der Waals surface area contributed by atoms with Crippen molar-refractivity contribution in [2.45, 2.75) is 6.54 Å². The molecule has 0 fully saturated rings. The van der Waals surface area contributed by atoms with Crippen molar-refractivity contribution in [3.8, 4) is 5.75 Å². The lowest BCUT2D eigenvalue weighted by Gasteiger charge is -2.22. The van der Waals surface area contributed by atoms with E-state index in [0.29, 0.717) is 17.1 Å². The van der Waals surface area contributed by atoms with Gasteiger partial charge in [0.1, 0.15) is 11.6 Å². The Labute approximate surface area is 129 Å². The van der Waals surface area contributed by atoms with Crippen LogP contribution in [0.25, 0.3) is 0 Å². The number of nitrogens with one attached hydrogen (secondary N) is 1. The number of nitrogen functional groups attached to an aromatic ring is 1. The van der Waals surface area contributed by atoms with Gasteiger partial charge in [-0.15, -0.1) is 0 Å². The lowest BCUT2D eigenvalue weighted by atomic mass is 10.1. The van der Waals surface area contributed by atoms with Gasteiger partial charge in [-0.3, -0.25) is 5.41 Å². The van der Waals surface area contributed by atoms with Crippen molar-refractivity contribution in [3.05, 3.63) is 58.6 Å². The average Bonchev–Trinajstić information content (AvgIpc) is 2.48. The van der Waals surface area contributed by atoms with Crippen LogP contribution >= 0.6 is 11.6 Å². The van der Waals surface area contributed by atoms with Crippen LogP contribution in [0.2, 0.25) is 5.02 Å². The molecule has 0 saturated heterocycles. The van der Waals surface area contributed by atoms with Gasteiger partial charge in [0.2, 0.25) is 0 Å². The number of para-hydroxylation sites is 2. The van der Waals surface area contributed by atoms with Gasteiger partial charge >= 0.3 is 0 Å². The van der Waals surface area contributed by atoms with Crippen molar-refractivity contribution >= 4 is 23.1 Å². The molecule has 0 heterocycles. The van der Waals surface area contributed by atoms with E-state index in [2.05, 4.69) is 4.90 Å². The standard InChI is InChI=1S/C16H18ClN3O/c1-20(14-5-3-4-6-15(14)21-2)10-12-8-7-11(16(18)19)9-13(12)17/h3-9H,10H2,1-2H3,(H3,18,19). The van der Waals surface area contributed by atoms with Gasteiger partial charge < -0.3 is 15.4 Å². The Morgan fingerprint density at radius 2 is 2.00 bits per heavy atom. The second-order valence-corrected chi connectivity index (χ2v) is 5.15. The van der Waals surface area contributed by atoms with Crippen LogP contribution in [0.1, 0.15) is 11.1 Å². The predicted octanol–water partition coefficient (Wildman–Crippen LogP) is 3.27. The highest BCUT2D eigenvalue weighted by Crippen LogP contribution is 2.29. The van der Waals surface area contributed by atoms with Crippen LogP contribution < -0.4 is 15.4 Å². The molecule has 2 rings (SSSR count). The molecule has 0 atom stereocenters. The molecule has 110 valence electrons. The highest BCUT2D eigenvalue weighted by atomic mass is 35.5. The fourth-order valence-corrected chi connectivity index (χ4v) is 2.37. The Hall–Kier alpha value is -2.20. The van der Waals surface area contributed by atoms with Crippen molar-refractivity contribution in [1.82, 2.24) is 0 Å². The minimum atomic E-state index is 0.0153. The van der Waals surface area contributed by atoms with E-state index in [-0.39, 0.29) is 5.84 Å². The lowest BCUT2D eigenvalue weighted by molar-refractivity contribution is 0.415. The van der Waals surface area contributed by atoms with E-state index in [0.717, 1.165) is 17.0 Å². The molecule has 0 aromatic heterocycles. The van der Waals surface area contributed by atoms with Crippen molar-refractivity contribution in [2.24, 2.45) is 5.73 Å². The summed E-state index contributed by atoms with van der Waals surface area (Å²) in [6, 6.07) is 13.2. The molecular weight excluding hydrogens is 286 g/mol. The number of halogens is 1. The largest absolute Gasteiger partial charge is 0.495 e. The zero-order chi connectivity index (χ0) is 15.4. The zero-order valence-electron chi connectivity index (χ0n) is 12.1. The van der Waals surface area contributed by atoms with Gasteiger partial charge in [-0.1, -0.05) is 35.9 Å². The van der Waals surface area contributed by atoms with Gasteiger partial charge in [0, 0.05) is 24.2 Å². The summed E-state index contributed by atoms with van der Waals surface area (Å²) in [7, 11) is 3.63. The summed E-state index contributed by atoms with van der Waals surface area (Å²) < 4.78 is 5.37. The molecule has 4 nitrogen and oxygen atoms in total. The van der Waals surface area contributed by atoms with E-state index in [9.17, 15) is 0 Å². The normalized spacial score (nSPS) is 10.2. The second kappa shape index (κ2) is 6.50. The summed E-state index contributed by atoms with van der Waals surface area (Å²) in [5, 5.41) is 8.03. The van der Waals surface area contributed by atoms with Gasteiger partial charge in [0.25, 0.3) is 0 Å². The second-order valence-electron chi connectivity index (χ2n) is 4.75. The fraction of sp³-hybridized carbons (Fsp3) is 0.188. The SMILES string of the molecule is COc1ccccc1N(C)Cc1ccc(C(=N)N)cc1Cl. The summed E-state index contributed by atoms with van der Waals surface area (Å²) in [6.45, 7) is 0.636. The van der Waals surface area contributed by atoms with E-state index in [1.807, 2.05) is 37.4 Å². The maximum atomic E-state index is 7.42. The van der Waals surface area contributed by atoms with Crippen molar-refractivity contribution in [2.75, 3.05) is 19.1 Å². The number of rotatable bonds is 5. The van der Waals surface area contributed by atoms with Gasteiger partial charge in [0.15, 0.2) is 0 Å². The third-order valence-corrected chi connectivity index (χ3v) is 3.62. The number of ether oxygens (including phenoxy) is 1. The smallest absolute Gasteiger partial charge is 0.142 e. The van der Waals surface area contributed by atoms with E-state index in [1.54, 1.807) is 19.2 Å². The number of methoxy groups -OCH3 is 1. The molecule has 0 radical (unpaired) electrons. The number of nitrogens with zero attached hydrogens (tertiary/aromatic N) is 1. The molecule has 0 amide bonds. The average molecular weight is 304 g/mol. The van der Waals surface area contributed by atoms with Crippen molar-refractivity contribution in [1.29, 1.82) is 5.41 Å². The highest BCUT2D eigenvalue weighted by Gasteiger charge is 2.10. The molecule has 0 bridgehead atoms. The Bertz CT molecular complexity index is 658. The van der Waals surface area contributed by atoms with E-state index in [4.69, 9.17) is 27.5 Å². The molecule has 2 aromatic rings. The Balaban J connectivity index is 2.23. The molecule has 0 aliphatic carbocycles. The molecule has 0 aliphatic heterocycles. The molecule has 0 aliphatic rings. The fourth-order valence-electron chi connectivity index (χ4n) is 2.13. The zero-order valence-corrected chi connectivity index (χ0v) is 12.8. The quantitative estimate of drug-likeness (QED) is 0.658. The summed E-state index contributed by atoms with van der Waals surface area (Å²) in [6.07, 6.45) is 0. The molecule has 0 saturated carbocycles.